The second-order valence-electron chi connectivity index (χ2n) is 7.21. The number of halogens is 2. The van der Waals surface area contributed by atoms with Crippen LogP contribution in [0.25, 0.3) is 0 Å². The molecule has 1 aromatic rings. The van der Waals surface area contributed by atoms with Crippen LogP contribution >= 0.6 is 0 Å². The predicted molar refractivity (Wildman–Crippen MR) is 89.8 cm³/mol. The van der Waals surface area contributed by atoms with Crippen LogP contribution in [0.5, 0.6) is 0 Å². The van der Waals surface area contributed by atoms with Gasteiger partial charge in [0.1, 0.15) is 5.54 Å². The van der Waals surface area contributed by atoms with Gasteiger partial charge in [0.2, 0.25) is 5.91 Å². The second kappa shape index (κ2) is 6.56. The van der Waals surface area contributed by atoms with Crippen LogP contribution in [0.1, 0.15) is 19.3 Å². The highest BCUT2D eigenvalue weighted by Crippen LogP contribution is 2.31. The van der Waals surface area contributed by atoms with Crippen molar-refractivity contribution < 1.29 is 27.9 Å². The van der Waals surface area contributed by atoms with Gasteiger partial charge in [0, 0.05) is 63.2 Å². The van der Waals surface area contributed by atoms with Crippen LogP contribution in [-0.2, 0) is 14.3 Å². The highest BCUT2D eigenvalue weighted by molar-refractivity contribution is 6.07. The van der Waals surface area contributed by atoms with Gasteiger partial charge in [-0.25, -0.2) is 13.6 Å². The Morgan fingerprint density at radius 1 is 1.15 bits per heavy atom. The number of urea groups is 1. The lowest BCUT2D eigenvalue weighted by molar-refractivity contribution is -0.135. The Hall–Kier alpha value is -2.55. The maximum absolute atomic E-state index is 13.5. The van der Waals surface area contributed by atoms with Crippen LogP contribution in [0, 0.1) is 17.6 Å². The second-order valence-corrected chi connectivity index (χ2v) is 7.21. The van der Waals surface area contributed by atoms with Gasteiger partial charge in [0.15, 0.2) is 11.6 Å². The smallest absolute Gasteiger partial charge is 0.325 e. The lowest BCUT2D eigenvalue weighted by Crippen LogP contribution is -2.51. The number of rotatable bonds is 3. The number of ether oxygens (including phenoxy) is 1. The van der Waals surface area contributed by atoms with Gasteiger partial charge in [-0.3, -0.25) is 14.5 Å². The van der Waals surface area contributed by atoms with Crippen molar-refractivity contribution in [1.29, 1.82) is 0 Å². The van der Waals surface area contributed by atoms with E-state index < -0.39 is 23.2 Å². The third-order valence-electron chi connectivity index (χ3n) is 5.45. The minimum absolute atomic E-state index is 0.110. The Balaban J connectivity index is 1.46. The first-order chi connectivity index (χ1) is 12.9. The molecular formula is C18H19F2N3O4. The SMILES string of the molecule is O=C1NC2(CCOCC2)C(=O)N1CC1CC(=O)N(c2ccc(F)c(F)c2)C1. The van der Waals surface area contributed by atoms with Crippen molar-refractivity contribution >= 4 is 23.5 Å². The minimum atomic E-state index is -1.03. The summed E-state index contributed by atoms with van der Waals surface area (Å²) in [7, 11) is 0. The van der Waals surface area contributed by atoms with Gasteiger partial charge in [-0.2, -0.15) is 0 Å². The Kier molecular flexibility index (Phi) is 4.33. The Morgan fingerprint density at radius 3 is 2.59 bits per heavy atom. The van der Waals surface area contributed by atoms with Gasteiger partial charge in [0.25, 0.3) is 5.91 Å². The van der Waals surface area contributed by atoms with Crippen LogP contribution < -0.4 is 10.2 Å². The molecule has 1 N–H and O–H groups in total. The fraction of sp³-hybridized carbons (Fsp3) is 0.500. The number of hydrogen-bond acceptors (Lipinski definition) is 4. The maximum atomic E-state index is 13.5. The van der Waals surface area contributed by atoms with E-state index in [-0.39, 0.29) is 42.9 Å². The number of hydrogen-bond donors (Lipinski definition) is 1. The van der Waals surface area contributed by atoms with Gasteiger partial charge >= 0.3 is 6.03 Å². The maximum Gasteiger partial charge on any atom is 0.325 e. The molecule has 7 nitrogen and oxygen atoms in total. The molecule has 0 aromatic heterocycles. The topological polar surface area (TPSA) is 79.0 Å². The summed E-state index contributed by atoms with van der Waals surface area (Å²) in [6.45, 7) is 1.16. The first-order valence-electron chi connectivity index (χ1n) is 8.87. The summed E-state index contributed by atoms with van der Waals surface area (Å²) in [5, 5.41) is 2.78. The first-order valence-corrected chi connectivity index (χ1v) is 8.87. The Morgan fingerprint density at radius 2 is 1.89 bits per heavy atom. The van der Waals surface area contributed by atoms with Crippen LogP contribution in [0.2, 0.25) is 0 Å². The molecule has 0 saturated carbocycles. The van der Waals surface area contributed by atoms with E-state index in [1.807, 2.05) is 0 Å². The van der Waals surface area contributed by atoms with E-state index >= 15 is 0 Å². The van der Waals surface area contributed by atoms with E-state index in [0.717, 1.165) is 17.0 Å². The van der Waals surface area contributed by atoms with Crippen molar-refractivity contribution in [2.75, 3.05) is 31.2 Å². The fourth-order valence-electron chi connectivity index (χ4n) is 3.97. The van der Waals surface area contributed by atoms with E-state index in [2.05, 4.69) is 5.32 Å². The van der Waals surface area contributed by atoms with Crippen molar-refractivity contribution in [3.63, 3.8) is 0 Å². The summed E-state index contributed by atoms with van der Waals surface area (Å²) >= 11 is 0. The lowest BCUT2D eigenvalue weighted by atomic mass is 9.90. The molecule has 0 aliphatic carbocycles. The summed E-state index contributed by atoms with van der Waals surface area (Å²) in [6.07, 6.45) is 0.990. The Labute approximate surface area is 154 Å². The highest BCUT2D eigenvalue weighted by atomic mass is 19.2. The van der Waals surface area contributed by atoms with Crippen LogP contribution in [-0.4, -0.2) is 54.6 Å². The quantitative estimate of drug-likeness (QED) is 0.806. The summed E-state index contributed by atoms with van der Waals surface area (Å²) in [5.74, 6) is -2.81. The van der Waals surface area contributed by atoms with Crippen LogP contribution in [0.4, 0.5) is 19.3 Å². The number of amides is 4. The van der Waals surface area contributed by atoms with Gasteiger partial charge in [0.05, 0.1) is 0 Å². The molecule has 144 valence electrons. The van der Waals surface area contributed by atoms with Gasteiger partial charge in [-0.1, -0.05) is 0 Å². The van der Waals surface area contributed by atoms with Gasteiger partial charge in [-0.05, 0) is 12.1 Å². The van der Waals surface area contributed by atoms with Gasteiger partial charge in [-0.15, -0.1) is 0 Å². The number of anilines is 1. The number of nitrogens with one attached hydrogen (secondary N) is 1. The van der Waals surface area contributed by atoms with E-state index in [9.17, 15) is 23.2 Å². The van der Waals surface area contributed by atoms with Crippen molar-refractivity contribution in [3.8, 4) is 0 Å². The fourth-order valence-corrected chi connectivity index (χ4v) is 3.97. The third-order valence-corrected chi connectivity index (χ3v) is 5.45. The van der Waals surface area contributed by atoms with Crippen LogP contribution in [0.3, 0.4) is 0 Å². The molecule has 0 radical (unpaired) electrons. The number of nitrogens with zero attached hydrogens (tertiary/aromatic N) is 2. The molecule has 3 heterocycles. The summed E-state index contributed by atoms with van der Waals surface area (Å²) in [5.41, 5.74) is -0.642. The zero-order valence-corrected chi connectivity index (χ0v) is 14.5. The highest BCUT2D eigenvalue weighted by Gasteiger charge is 2.52. The summed E-state index contributed by atoms with van der Waals surface area (Å²) in [6, 6.07) is 2.82. The molecule has 3 aliphatic heterocycles. The van der Waals surface area contributed by atoms with Crippen molar-refractivity contribution in [1.82, 2.24) is 10.2 Å². The molecule has 3 fully saturated rings. The van der Waals surface area contributed by atoms with Crippen molar-refractivity contribution in [2.45, 2.75) is 24.8 Å². The van der Waals surface area contributed by atoms with Gasteiger partial charge < -0.3 is 15.0 Å². The summed E-state index contributed by atoms with van der Waals surface area (Å²) < 4.78 is 31.8. The lowest BCUT2D eigenvalue weighted by Gasteiger charge is -2.30. The van der Waals surface area contributed by atoms with E-state index in [1.165, 1.54) is 11.0 Å². The third kappa shape index (κ3) is 3.05. The largest absolute Gasteiger partial charge is 0.381 e. The Bertz CT molecular complexity index is 810. The molecular weight excluding hydrogens is 360 g/mol. The zero-order valence-electron chi connectivity index (χ0n) is 14.5. The molecule has 1 spiro atoms. The number of imide groups is 1. The predicted octanol–water partition coefficient (Wildman–Crippen LogP) is 1.42. The molecule has 1 aromatic carbocycles. The monoisotopic (exact) mass is 379 g/mol. The molecule has 3 saturated heterocycles. The first kappa shape index (κ1) is 17.8. The molecule has 4 amide bonds. The molecule has 3 aliphatic rings. The minimum Gasteiger partial charge on any atom is -0.381 e. The van der Waals surface area contributed by atoms with E-state index in [1.54, 1.807) is 0 Å². The molecule has 1 atom stereocenters. The average molecular weight is 379 g/mol. The average Bonchev–Trinajstić information content (AvgIpc) is 3.11. The standard InChI is InChI=1S/C18H19F2N3O4/c19-13-2-1-12(8-14(13)20)22-9-11(7-15(22)24)10-23-16(25)18(21-17(23)26)3-5-27-6-4-18/h1-2,8,11H,3-7,9-10H2,(H,21,26). The van der Waals surface area contributed by atoms with Crippen molar-refractivity contribution in [2.24, 2.45) is 5.92 Å². The zero-order chi connectivity index (χ0) is 19.2. The number of carbonyl (C=O) groups is 3. The molecule has 27 heavy (non-hydrogen) atoms. The molecule has 1 unspecified atom stereocenters. The van der Waals surface area contributed by atoms with Crippen molar-refractivity contribution in [3.05, 3.63) is 29.8 Å². The van der Waals surface area contributed by atoms with E-state index in [4.69, 9.17) is 4.74 Å². The summed E-state index contributed by atoms with van der Waals surface area (Å²) in [4.78, 5) is 39.9. The van der Waals surface area contributed by atoms with Crippen LogP contribution in [0.15, 0.2) is 18.2 Å². The number of carbonyl (C=O) groups excluding carboxylic acids is 3. The normalized spacial score (nSPS) is 24.8. The molecule has 0 bridgehead atoms. The number of benzene rings is 1. The molecule has 9 heteroatoms. The van der Waals surface area contributed by atoms with E-state index in [0.29, 0.717) is 26.1 Å². The molecule has 4 rings (SSSR count).